The van der Waals surface area contributed by atoms with Crippen LogP contribution >= 0.6 is 0 Å². The number of furan rings is 1. The second-order valence-corrected chi connectivity index (χ2v) is 7.53. The summed E-state index contributed by atoms with van der Waals surface area (Å²) in [4.78, 5) is 16.5. The van der Waals surface area contributed by atoms with Crippen LogP contribution in [0.4, 0.5) is 8.78 Å². The zero-order valence-electron chi connectivity index (χ0n) is 17.1. The molecule has 3 aromatic rings. The zero-order chi connectivity index (χ0) is 21.6. The summed E-state index contributed by atoms with van der Waals surface area (Å²) >= 11 is 0. The zero-order valence-corrected chi connectivity index (χ0v) is 17.1. The molecule has 0 saturated carbocycles. The van der Waals surface area contributed by atoms with Gasteiger partial charge in [0.05, 0.1) is 6.26 Å². The number of rotatable bonds is 6. The number of amides is 1. The number of carbonyl (C=O) groups is 1. The van der Waals surface area contributed by atoms with Gasteiger partial charge in [0.25, 0.3) is 5.91 Å². The number of nitrogens with zero attached hydrogens (tertiary/aromatic N) is 2. The second-order valence-electron chi connectivity index (χ2n) is 7.53. The molecular weight excluding hydrogens is 398 g/mol. The van der Waals surface area contributed by atoms with Crippen molar-refractivity contribution in [2.75, 3.05) is 32.7 Å². The first-order valence-corrected chi connectivity index (χ1v) is 10.4. The summed E-state index contributed by atoms with van der Waals surface area (Å²) in [5.41, 5.74) is 2.73. The van der Waals surface area contributed by atoms with Gasteiger partial charge in [0.2, 0.25) is 0 Å². The Balaban J connectivity index is 1.39. The standard InChI is InChI=1S/C25H24F2N2O2/c26-21-9-5-19(6-10-21)23(20-7-11-22(27)12-8-20)3-1-13-28-14-16-29(17-15-28)25(30)24-4-2-18-31-24/h2-12,18H,1,13-17H2. The van der Waals surface area contributed by atoms with Gasteiger partial charge < -0.3 is 9.32 Å². The first-order valence-electron chi connectivity index (χ1n) is 10.4. The fourth-order valence-electron chi connectivity index (χ4n) is 3.78. The molecule has 0 N–H and O–H groups in total. The Morgan fingerprint density at radius 2 is 1.45 bits per heavy atom. The van der Waals surface area contributed by atoms with Gasteiger partial charge in [0, 0.05) is 32.7 Å². The molecule has 0 aliphatic carbocycles. The summed E-state index contributed by atoms with van der Waals surface area (Å²) in [6, 6.07) is 16.1. The molecular formula is C25H24F2N2O2. The van der Waals surface area contributed by atoms with Gasteiger partial charge in [-0.1, -0.05) is 30.3 Å². The molecule has 31 heavy (non-hydrogen) atoms. The molecule has 1 amide bonds. The van der Waals surface area contributed by atoms with Crippen molar-refractivity contribution in [1.29, 1.82) is 0 Å². The molecule has 2 aromatic carbocycles. The average molecular weight is 422 g/mol. The molecule has 1 saturated heterocycles. The minimum absolute atomic E-state index is 0.0700. The molecule has 0 atom stereocenters. The average Bonchev–Trinajstić information content (AvgIpc) is 3.33. The molecule has 160 valence electrons. The van der Waals surface area contributed by atoms with Crippen molar-refractivity contribution in [1.82, 2.24) is 9.80 Å². The summed E-state index contributed by atoms with van der Waals surface area (Å²) in [7, 11) is 0. The van der Waals surface area contributed by atoms with E-state index in [1.165, 1.54) is 30.5 Å². The lowest BCUT2D eigenvalue weighted by Crippen LogP contribution is -2.48. The molecule has 6 heteroatoms. The van der Waals surface area contributed by atoms with Crippen molar-refractivity contribution in [3.05, 3.63) is 102 Å². The Bertz CT molecular complexity index is 973. The number of halogens is 2. The topological polar surface area (TPSA) is 36.7 Å². The highest BCUT2D eigenvalue weighted by Crippen LogP contribution is 2.25. The molecule has 1 aliphatic heterocycles. The smallest absolute Gasteiger partial charge is 0.289 e. The quantitative estimate of drug-likeness (QED) is 0.571. The minimum Gasteiger partial charge on any atom is -0.459 e. The van der Waals surface area contributed by atoms with Crippen molar-refractivity contribution < 1.29 is 18.0 Å². The fourth-order valence-corrected chi connectivity index (χ4v) is 3.78. The first kappa shape index (κ1) is 21.0. The monoisotopic (exact) mass is 422 g/mol. The second kappa shape index (κ2) is 9.71. The van der Waals surface area contributed by atoms with Gasteiger partial charge in [0.1, 0.15) is 11.6 Å². The number of piperazine rings is 1. The van der Waals surface area contributed by atoms with Crippen LogP contribution in [0, 0.1) is 11.6 Å². The highest BCUT2D eigenvalue weighted by atomic mass is 19.1. The van der Waals surface area contributed by atoms with Crippen molar-refractivity contribution in [2.24, 2.45) is 0 Å². The lowest BCUT2D eigenvalue weighted by atomic mass is 9.96. The molecule has 0 spiro atoms. The van der Waals surface area contributed by atoms with Crippen molar-refractivity contribution in [3.8, 4) is 0 Å². The maximum absolute atomic E-state index is 13.4. The maximum Gasteiger partial charge on any atom is 0.289 e. The molecule has 4 nitrogen and oxygen atoms in total. The number of benzene rings is 2. The number of carbonyl (C=O) groups excluding carboxylic acids is 1. The fraction of sp³-hybridized carbons (Fsp3) is 0.240. The lowest BCUT2D eigenvalue weighted by Gasteiger charge is -2.34. The van der Waals surface area contributed by atoms with Gasteiger partial charge in [0.15, 0.2) is 5.76 Å². The van der Waals surface area contributed by atoms with Crippen LogP contribution in [0.3, 0.4) is 0 Å². The Morgan fingerprint density at radius 3 is 1.97 bits per heavy atom. The van der Waals surface area contributed by atoms with Crippen LogP contribution in [0.25, 0.3) is 5.57 Å². The third-order valence-electron chi connectivity index (χ3n) is 5.50. The van der Waals surface area contributed by atoms with Crippen LogP contribution < -0.4 is 0 Å². The third-order valence-corrected chi connectivity index (χ3v) is 5.50. The molecule has 2 heterocycles. The van der Waals surface area contributed by atoms with E-state index in [1.54, 1.807) is 36.4 Å². The molecule has 1 aliphatic rings. The van der Waals surface area contributed by atoms with Gasteiger partial charge in [-0.25, -0.2) is 8.78 Å². The van der Waals surface area contributed by atoms with Crippen LogP contribution in [0.1, 0.15) is 28.1 Å². The predicted molar refractivity (Wildman–Crippen MR) is 116 cm³/mol. The van der Waals surface area contributed by atoms with E-state index in [0.29, 0.717) is 18.8 Å². The van der Waals surface area contributed by atoms with Gasteiger partial charge in [-0.3, -0.25) is 9.69 Å². The Kier molecular flexibility index (Phi) is 6.57. The molecule has 0 unspecified atom stereocenters. The van der Waals surface area contributed by atoms with Crippen LogP contribution in [-0.4, -0.2) is 48.4 Å². The van der Waals surface area contributed by atoms with Gasteiger partial charge in [-0.15, -0.1) is 0 Å². The highest BCUT2D eigenvalue weighted by molar-refractivity contribution is 5.91. The summed E-state index contributed by atoms with van der Waals surface area (Å²) in [5.74, 6) is -0.271. The van der Waals surface area contributed by atoms with Gasteiger partial charge in [-0.2, -0.15) is 0 Å². The Morgan fingerprint density at radius 1 is 0.871 bits per heavy atom. The van der Waals surface area contributed by atoms with E-state index >= 15 is 0 Å². The summed E-state index contributed by atoms with van der Waals surface area (Å²) in [6.07, 6.45) is 4.41. The predicted octanol–water partition coefficient (Wildman–Crippen LogP) is 4.84. The van der Waals surface area contributed by atoms with E-state index in [1.807, 2.05) is 4.90 Å². The van der Waals surface area contributed by atoms with Crippen LogP contribution in [0.15, 0.2) is 77.4 Å². The van der Waals surface area contributed by atoms with Crippen molar-refractivity contribution in [3.63, 3.8) is 0 Å². The first-order chi connectivity index (χ1) is 15.1. The highest BCUT2D eigenvalue weighted by Gasteiger charge is 2.23. The summed E-state index contributed by atoms with van der Waals surface area (Å²) < 4.78 is 31.9. The SMILES string of the molecule is O=C(c1ccco1)N1CCN(CCC=C(c2ccc(F)cc2)c2ccc(F)cc2)CC1. The number of hydrogen-bond donors (Lipinski definition) is 0. The summed E-state index contributed by atoms with van der Waals surface area (Å²) in [6.45, 7) is 3.75. The maximum atomic E-state index is 13.4. The lowest BCUT2D eigenvalue weighted by molar-refractivity contribution is 0.0608. The largest absolute Gasteiger partial charge is 0.459 e. The number of hydrogen-bond acceptors (Lipinski definition) is 3. The van der Waals surface area contributed by atoms with E-state index in [4.69, 9.17) is 4.42 Å². The van der Waals surface area contributed by atoms with Gasteiger partial charge in [-0.05, 0) is 59.5 Å². The van der Waals surface area contributed by atoms with Crippen molar-refractivity contribution >= 4 is 11.5 Å². The Labute approximate surface area is 180 Å². The van der Waals surface area contributed by atoms with Crippen LogP contribution in [0.2, 0.25) is 0 Å². The third kappa shape index (κ3) is 5.27. The van der Waals surface area contributed by atoms with Crippen molar-refractivity contribution in [2.45, 2.75) is 6.42 Å². The van der Waals surface area contributed by atoms with E-state index in [2.05, 4.69) is 11.0 Å². The van der Waals surface area contributed by atoms with E-state index in [9.17, 15) is 13.6 Å². The van der Waals surface area contributed by atoms with E-state index in [0.717, 1.165) is 42.8 Å². The Hall–Kier alpha value is -3.25. The van der Waals surface area contributed by atoms with Crippen LogP contribution in [-0.2, 0) is 0 Å². The van der Waals surface area contributed by atoms with E-state index < -0.39 is 0 Å². The molecule has 4 rings (SSSR count). The summed E-state index contributed by atoms with van der Waals surface area (Å²) in [5, 5.41) is 0. The molecule has 1 aromatic heterocycles. The molecule has 1 fully saturated rings. The normalized spacial score (nSPS) is 14.5. The molecule has 0 bridgehead atoms. The van der Waals surface area contributed by atoms with Crippen LogP contribution in [0.5, 0.6) is 0 Å². The van der Waals surface area contributed by atoms with E-state index in [-0.39, 0.29) is 17.5 Å². The molecule has 0 radical (unpaired) electrons. The minimum atomic E-state index is -0.288. The van der Waals surface area contributed by atoms with Gasteiger partial charge >= 0.3 is 0 Å².